The molecule has 1 amide bonds. The molecular formula is C50H77NO13. The second-order valence-electron chi connectivity index (χ2n) is 19.4. The molecule has 0 spiro atoms. The smallest absolute Gasteiger partial charge is 0.329 e. The van der Waals surface area contributed by atoms with Gasteiger partial charge < -0.3 is 44.3 Å². The summed E-state index contributed by atoms with van der Waals surface area (Å²) >= 11 is 0. The molecular weight excluding hydrogens is 823 g/mol. The van der Waals surface area contributed by atoms with Crippen LogP contribution in [-0.4, -0.2) is 130 Å². The largest absolute Gasteiger partial charge is 0.460 e. The van der Waals surface area contributed by atoms with Gasteiger partial charge in [0.05, 0.1) is 24.4 Å². The van der Waals surface area contributed by atoms with Crippen LogP contribution in [0.25, 0.3) is 0 Å². The van der Waals surface area contributed by atoms with E-state index in [9.17, 15) is 44.4 Å². The average Bonchev–Trinajstić information content (AvgIpc) is 3.26. The van der Waals surface area contributed by atoms with Crippen molar-refractivity contribution in [1.29, 1.82) is 0 Å². The summed E-state index contributed by atoms with van der Waals surface area (Å²) in [5.74, 6) is -8.29. The molecule has 1 unspecified atom stereocenters. The maximum Gasteiger partial charge on any atom is 0.329 e. The number of hydrogen-bond donors (Lipinski definition) is 4. The summed E-state index contributed by atoms with van der Waals surface area (Å²) in [4.78, 5) is 71.5. The fourth-order valence-electron chi connectivity index (χ4n) is 9.88. The van der Waals surface area contributed by atoms with Crippen LogP contribution < -0.4 is 0 Å². The molecule has 14 heteroatoms. The molecule has 1 saturated carbocycles. The predicted octanol–water partition coefficient (Wildman–Crippen LogP) is 5.53. The van der Waals surface area contributed by atoms with Crippen molar-refractivity contribution in [3.63, 3.8) is 0 Å². The molecule has 14 nitrogen and oxygen atoms in total. The second kappa shape index (κ2) is 24.4. The Bertz CT molecular complexity index is 1740. The van der Waals surface area contributed by atoms with Crippen LogP contribution in [0.15, 0.2) is 47.6 Å². The van der Waals surface area contributed by atoms with Crippen molar-refractivity contribution < 1.29 is 63.3 Å². The van der Waals surface area contributed by atoms with Gasteiger partial charge in [-0.25, -0.2) is 4.79 Å². The monoisotopic (exact) mass is 900 g/mol. The molecule has 3 aliphatic heterocycles. The quantitative estimate of drug-likeness (QED) is 0.153. The summed E-state index contributed by atoms with van der Waals surface area (Å²) < 4.78 is 23.7. The number of cyclic esters (lactones) is 1. The first kappa shape index (κ1) is 53.2. The Morgan fingerprint density at radius 3 is 2.23 bits per heavy atom. The summed E-state index contributed by atoms with van der Waals surface area (Å²) in [5, 5.41) is 43.9. The molecule has 3 fully saturated rings. The molecule has 2 saturated heterocycles. The summed E-state index contributed by atoms with van der Waals surface area (Å²) in [7, 11) is 2.94. The van der Waals surface area contributed by atoms with E-state index in [4.69, 9.17) is 18.9 Å². The number of esters is 1. The molecule has 4 aliphatic rings. The van der Waals surface area contributed by atoms with E-state index in [0.29, 0.717) is 69.8 Å². The number of rotatable bonds is 5. The van der Waals surface area contributed by atoms with Crippen LogP contribution in [0.2, 0.25) is 0 Å². The molecule has 0 radical (unpaired) electrons. The van der Waals surface area contributed by atoms with E-state index in [2.05, 4.69) is 0 Å². The highest BCUT2D eigenvalue weighted by Crippen LogP contribution is 2.37. The number of aliphatic hydroxyl groups excluding tert-OH is 3. The third-order valence-corrected chi connectivity index (χ3v) is 14.2. The van der Waals surface area contributed by atoms with E-state index in [1.54, 1.807) is 40.9 Å². The molecule has 1 aliphatic carbocycles. The van der Waals surface area contributed by atoms with Crippen molar-refractivity contribution in [2.75, 3.05) is 20.8 Å². The van der Waals surface area contributed by atoms with E-state index in [1.165, 1.54) is 12.0 Å². The maximum atomic E-state index is 14.3. The normalized spacial score (nSPS) is 39.5. The van der Waals surface area contributed by atoms with Gasteiger partial charge in [-0.05, 0) is 107 Å². The number of methoxy groups -OCH3 is 2. The fourth-order valence-corrected chi connectivity index (χ4v) is 9.88. The molecule has 360 valence electrons. The lowest BCUT2D eigenvalue weighted by atomic mass is 9.78. The average molecular weight is 900 g/mol. The van der Waals surface area contributed by atoms with Gasteiger partial charge in [-0.3, -0.25) is 19.2 Å². The van der Waals surface area contributed by atoms with Crippen LogP contribution in [0.4, 0.5) is 0 Å². The number of allylic oxidation sites excluding steroid dienone is 6. The SMILES string of the molecule is CO[C@H]1C[C@@H]2CC[C@@H](C)C(O)(O2)C(=O)C(=O)N2CCCC[C@H]2C(=O)O[C@H]([C@H](C)C[C@H]2CC[C@H](O)[C@@H](O)C2)CC(=O)[C@@H](C)/C=C(/C)[C@@H](O)[C@H](OC)C(=O)[C@H](C)C[C@H](C)/C=C\C=CC=C1C. The third-order valence-electron chi connectivity index (χ3n) is 14.2. The van der Waals surface area contributed by atoms with Gasteiger partial charge >= 0.3 is 5.97 Å². The van der Waals surface area contributed by atoms with Gasteiger partial charge in [-0.2, -0.15) is 0 Å². The lowest BCUT2D eigenvalue weighted by Crippen LogP contribution is -2.61. The number of nitrogens with zero attached hydrogens (tertiary/aromatic N) is 1. The number of carbonyl (C=O) groups excluding carboxylic acids is 5. The van der Waals surface area contributed by atoms with Crippen molar-refractivity contribution in [3.8, 4) is 0 Å². The number of carbonyl (C=O) groups is 5. The molecule has 0 aromatic rings. The summed E-state index contributed by atoms with van der Waals surface area (Å²) in [5.41, 5.74) is 1.24. The Balaban J connectivity index is 1.70. The zero-order chi connectivity index (χ0) is 47.5. The van der Waals surface area contributed by atoms with Gasteiger partial charge in [-0.15, -0.1) is 0 Å². The Kier molecular flexibility index (Phi) is 20.3. The number of hydrogen-bond acceptors (Lipinski definition) is 13. The van der Waals surface area contributed by atoms with E-state index in [1.807, 2.05) is 51.2 Å². The standard InChI is InChI=1S/C50H77NO13/c1-29-15-11-10-12-16-30(2)42(61-8)27-37-20-18-35(7)50(60,64-37)47(57)48(58)51-22-14-13-17-38(51)49(59)63-43(32(4)25-36-19-21-39(52)41(54)26-36)28-40(53)31(3)24-34(6)45(56)46(62-9)44(55)33(5)23-29/h10-12,15-16,24,29,31-33,35-39,41-43,45-46,52,54,56,60H,13-14,17-23,25-28H2,1-9H3/b12-10?,15-11-,30-16?,34-24-/t29-,31+,32-,33-,35-,36-,37+,38+,39+,41+,42+,43+,45-,46-,50?/m1/s1. The van der Waals surface area contributed by atoms with Gasteiger partial charge in [0, 0.05) is 51.4 Å². The lowest BCUT2D eigenvalue weighted by molar-refractivity contribution is -0.265. The van der Waals surface area contributed by atoms with Crippen LogP contribution in [0.3, 0.4) is 0 Å². The molecule has 0 aromatic heterocycles. The van der Waals surface area contributed by atoms with Crippen LogP contribution in [0.1, 0.15) is 126 Å². The van der Waals surface area contributed by atoms with E-state index >= 15 is 0 Å². The van der Waals surface area contributed by atoms with Crippen molar-refractivity contribution in [2.24, 2.45) is 35.5 Å². The summed E-state index contributed by atoms with van der Waals surface area (Å²) in [6.45, 7) is 12.6. The van der Waals surface area contributed by atoms with Crippen molar-refractivity contribution in [2.45, 2.75) is 180 Å². The summed E-state index contributed by atoms with van der Waals surface area (Å²) in [6.07, 6.45) is 9.61. The first-order valence-corrected chi connectivity index (χ1v) is 23.5. The summed E-state index contributed by atoms with van der Waals surface area (Å²) in [6, 6.07) is -1.16. The van der Waals surface area contributed by atoms with E-state index < -0.39 is 95.9 Å². The Morgan fingerprint density at radius 2 is 1.56 bits per heavy atom. The fraction of sp³-hybridized carbons (Fsp3) is 0.740. The molecule has 3 heterocycles. The minimum atomic E-state index is -2.44. The van der Waals surface area contributed by atoms with Crippen LogP contribution >= 0.6 is 0 Å². The third kappa shape index (κ3) is 13.8. The maximum absolute atomic E-state index is 14.3. The van der Waals surface area contributed by atoms with Gasteiger partial charge in [0.1, 0.15) is 30.1 Å². The minimum Gasteiger partial charge on any atom is -0.460 e. The highest BCUT2D eigenvalue weighted by Gasteiger charge is 2.53. The lowest BCUT2D eigenvalue weighted by Gasteiger charge is -2.42. The van der Waals surface area contributed by atoms with Crippen LogP contribution in [0.5, 0.6) is 0 Å². The predicted molar refractivity (Wildman–Crippen MR) is 240 cm³/mol. The number of amides is 1. The van der Waals surface area contributed by atoms with Gasteiger partial charge in [-0.1, -0.05) is 71.1 Å². The number of piperidine rings is 1. The molecule has 15 atom stereocenters. The molecule has 4 N–H and O–H groups in total. The number of ketones is 3. The molecule has 64 heavy (non-hydrogen) atoms. The Morgan fingerprint density at radius 1 is 0.844 bits per heavy atom. The first-order valence-electron chi connectivity index (χ1n) is 23.5. The number of aliphatic hydroxyl groups is 4. The van der Waals surface area contributed by atoms with Gasteiger partial charge in [0.15, 0.2) is 5.78 Å². The zero-order valence-electron chi connectivity index (χ0n) is 39.6. The highest BCUT2D eigenvalue weighted by atomic mass is 16.6. The zero-order valence-corrected chi connectivity index (χ0v) is 39.6. The molecule has 4 rings (SSSR count). The second-order valence-corrected chi connectivity index (χ2v) is 19.4. The van der Waals surface area contributed by atoms with Gasteiger partial charge in [0.25, 0.3) is 11.7 Å². The Hall–Kier alpha value is -3.37. The molecule has 2 bridgehead atoms. The van der Waals surface area contributed by atoms with E-state index in [-0.39, 0.29) is 42.8 Å². The topological polar surface area (TPSA) is 206 Å². The first-order chi connectivity index (χ1) is 30.2. The van der Waals surface area contributed by atoms with E-state index in [0.717, 1.165) is 5.57 Å². The number of Topliss-reactive ketones (excluding diaryl/α,β-unsaturated/α-hetero) is 3. The van der Waals surface area contributed by atoms with Crippen molar-refractivity contribution in [1.82, 2.24) is 4.90 Å². The van der Waals surface area contributed by atoms with Gasteiger partial charge in [0.2, 0.25) is 5.79 Å². The van der Waals surface area contributed by atoms with Crippen LogP contribution in [-0.2, 0) is 42.9 Å². The van der Waals surface area contributed by atoms with Crippen molar-refractivity contribution in [3.05, 3.63) is 47.6 Å². The highest BCUT2D eigenvalue weighted by molar-refractivity contribution is 6.39. The minimum absolute atomic E-state index is 0.0134. The number of fused-ring (bicyclic) bond motifs is 3. The van der Waals surface area contributed by atoms with Crippen molar-refractivity contribution >= 4 is 29.2 Å². The van der Waals surface area contributed by atoms with Crippen LogP contribution in [0, 0.1) is 35.5 Å². The molecule has 0 aromatic carbocycles. The number of ether oxygens (including phenoxy) is 4. The Labute approximate surface area is 380 Å².